The highest BCUT2D eigenvalue weighted by molar-refractivity contribution is 5.15. The van der Waals surface area contributed by atoms with E-state index in [9.17, 15) is 0 Å². The second kappa shape index (κ2) is 2.48. The Labute approximate surface area is 80.2 Å². The monoisotopic (exact) mass is 181 g/mol. The molecule has 3 rings (SSSR count). The van der Waals surface area contributed by atoms with Crippen molar-refractivity contribution < 1.29 is 4.84 Å². The van der Waals surface area contributed by atoms with E-state index in [0.29, 0.717) is 11.0 Å². The molecule has 13 heavy (non-hydrogen) atoms. The van der Waals surface area contributed by atoms with Crippen LogP contribution in [0.15, 0.2) is 0 Å². The van der Waals surface area contributed by atoms with E-state index in [2.05, 4.69) is 12.1 Å². The molecule has 74 valence electrons. The van der Waals surface area contributed by atoms with Gasteiger partial charge in [0.1, 0.15) is 0 Å². The lowest BCUT2D eigenvalue weighted by atomic mass is 9.71. The summed E-state index contributed by atoms with van der Waals surface area (Å²) in [6, 6.07) is 0. The Bertz CT molecular complexity index is 216. The predicted octanol–water partition coefficient (Wildman–Crippen LogP) is 2.35. The van der Waals surface area contributed by atoms with Crippen molar-refractivity contribution in [3.8, 4) is 0 Å². The Balaban J connectivity index is 1.92. The Kier molecular flexibility index (Phi) is 1.58. The lowest BCUT2D eigenvalue weighted by Gasteiger charge is -2.42. The molecule has 0 atom stereocenters. The summed E-state index contributed by atoms with van der Waals surface area (Å²) in [5, 5.41) is 2.21. The molecular formula is C11H19NO. The number of hydrogen-bond acceptors (Lipinski definition) is 2. The van der Waals surface area contributed by atoms with Crippen LogP contribution in [0.25, 0.3) is 0 Å². The number of rotatable bonds is 0. The van der Waals surface area contributed by atoms with E-state index in [0.717, 1.165) is 6.61 Å². The van der Waals surface area contributed by atoms with Crippen LogP contribution in [0.4, 0.5) is 0 Å². The quantitative estimate of drug-likeness (QED) is 0.569. The highest BCUT2D eigenvalue weighted by atomic mass is 16.7. The van der Waals surface area contributed by atoms with Crippen molar-refractivity contribution in [2.24, 2.45) is 5.41 Å². The molecule has 2 spiro atoms. The van der Waals surface area contributed by atoms with E-state index in [1.165, 1.54) is 44.9 Å². The fourth-order valence-electron chi connectivity index (χ4n) is 3.55. The molecule has 2 saturated carbocycles. The number of hydroxylamine groups is 2. The topological polar surface area (TPSA) is 12.5 Å². The summed E-state index contributed by atoms with van der Waals surface area (Å²) in [6.45, 7) is 1.00. The minimum Gasteiger partial charge on any atom is -0.298 e. The minimum atomic E-state index is 0.450. The first-order valence-electron chi connectivity index (χ1n) is 5.66. The Hall–Kier alpha value is -0.0800. The third kappa shape index (κ3) is 0.909. The van der Waals surface area contributed by atoms with Gasteiger partial charge in [-0.3, -0.25) is 4.84 Å². The third-order valence-electron chi connectivity index (χ3n) is 4.66. The van der Waals surface area contributed by atoms with Crippen LogP contribution in [0.2, 0.25) is 0 Å². The summed E-state index contributed by atoms with van der Waals surface area (Å²) >= 11 is 0. The lowest BCUT2D eigenvalue weighted by Crippen LogP contribution is -2.48. The van der Waals surface area contributed by atoms with Gasteiger partial charge in [0.2, 0.25) is 0 Å². The smallest absolute Gasteiger partial charge is 0.0760 e. The summed E-state index contributed by atoms with van der Waals surface area (Å²) in [5.41, 5.74) is 1.04. The normalized spacial score (nSPS) is 35.8. The van der Waals surface area contributed by atoms with Gasteiger partial charge in [-0.15, -0.1) is 0 Å². The SMILES string of the molecule is CN1OCC2(CC2)C12CCCCC2. The van der Waals surface area contributed by atoms with Crippen LogP contribution in [0, 0.1) is 5.41 Å². The van der Waals surface area contributed by atoms with Gasteiger partial charge in [0.05, 0.1) is 12.1 Å². The molecule has 1 heterocycles. The van der Waals surface area contributed by atoms with Crippen LogP contribution in [0.1, 0.15) is 44.9 Å². The molecule has 3 fully saturated rings. The first-order chi connectivity index (χ1) is 6.29. The van der Waals surface area contributed by atoms with Crippen molar-refractivity contribution in [2.45, 2.75) is 50.5 Å². The lowest BCUT2D eigenvalue weighted by molar-refractivity contribution is -0.152. The molecule has 1 saturated heterocycles. The first-order valence-corrected chi connectivity index (χ1v) is 5.66. The fourth-order valence-corrected chi connectivity index (χ4v) is 3.55. The molecule has 0 aromatic rings. The van der Waals surface area contributed by atoms with Crippen LogP contribution < -0.4 is 0 Å². The average Bonchev–Trinajstić information content (AvgIpc) is 2.92. The van der Waals surface area contributed by atoms with Crippen molar-refractivity contribution in [1.82, 2.24) is 5.06 Å². The highest BCUT2D eigenvalue weighted by Crippen LogP contribution is 2.64. The maximum absolute atomic E-state index is 5.76. The second-order valence-electron chi connectivity index (χ2n) is 5.14. The van der Waals surface area contributed by atoms with Crippen molar-refractivity contribution in [1.29, 1.82) is 0 Å². The Morgan fingerprint density at radius 1 is 1.00 bits per heavy atom. The Morgan fingerprint density at radius 2 is 1.69 bits per heavy atom. The molecule has 0 radical (unpaired) electrons. The summed E-state index contributed by atoms with van der Waals surface area (Å²) in [4.78, 5) is 5.76. The summed E-state index contributed by atoms with van der Waals surface area (Å²) < 4.78 is 0. The standard InChI is InChI=1S/C11H19NO/c1-12-11(5-3-2-4-6-11)10(7-8-10)9-13-12/h2-9H2,1H3. The van der Waals surface area contributed by atoms with Crippen LogP contribution in [0.3, 0.4) is 0 Å². The highest BCUT2D eigenvalue weighted by Gasteiger charge is 2.65. The molecule has 2 heteroatoms. The molecule has 0 aromatic carbocycles. The zero-order valence-electron chi connectivity index (χ0n) is 8.51. The predicted molar refractivity (Wildman–Crippen MR) is 51.2 cm³/mol. The second-order valence-corrected chi connectivity index (χ2v) is 5.14. The number of nitrogens with zero attached hydrogens (tertiary/aromatic N) is 1. The molecule has 2 aliphatic carbocycles. The van der Waals surface area contributed by atoms with E-state index in [-0.39, 0.29) is 0 Å². The van der Waals surface area contributed by atoms with E-state index in [1.54, 1.807) is 0 Å². The van der Waals surface area contributed by atoms with Crippen LogP contribution in [0.5, 0.6) is 0 Å². The average molecular weight is 181 g/mol. The van der Waals surface area contributed by atoms with Crippen molar-refractivity contribution in [2.75, 3.05) is 13.7 Å². The molecule has 0 unspecified atom stereocenters. The Morgan fingerprint density at radius 3 is 2.31 bits per heavy atom. The van der Waals surface area contributed by atoms with Gasteiger partial charge in [0.15, 0.2) is 0 Å². The maximum Gasteiger partial charge on any atom is 0.0760 e. The number of fused-ring (bicyclic) bond motifs is 1. The maximum atomic E-state index is 5.76. The molecule has 3 aliphatic rings. The zero-order chi connectivity index (χ0) is 8.94. The van der Waals surface area contributed by atoms with Gasteiger partial charge in [-0.05, 0) is 25.7 Å². The molecule has 0 N–H and O–H groups in total. The summed E-state index contributed by atoms with van der Waals surface area (Å²) in [5.74, 6) is 0. The first kappa shape index (κ1) is 8.25. The van der Waals surface area contributed by atoms with Gasteiger partial charge < -0.3 is 0 Å². The van der Waals surface area contributed by atoms with Crippen LogP contribution in [-0.2, 0) is 4.84 Å². The van der Waals surface area contributed by atoms with Crippen LogP contribution in [-0.4, -0.2) is 24.3 Å². The van der Waals surface area contributed by atoms with Gasteiger partial charge in [-0.25, -0.2) is 0 Å². The van der Waals surface area contributed by atoms with Gasteiger partial charge >= 0.3 is 0 Å². The van der Waals surface area contributed by atoms with Crippen molar-refractivity contribution in [3.05, 3.63) is 0 Å². The minimum absolute atomic E-state index is 0.450. The van der Waals surface area contributed by atoms with Crippen molar-refractivity contribution in [3.63, 3.8) is 0 Å². The van der Waals surface area contributed by atoms with E-state index >= 15 is 0 Å². The summed E-state index contributed by atoms with van der Waals surface area (Å²) in [6.07, 6.45) is 9.85. The van der Waals surface area contributed by atoms with Gasteiger partial charge in [-0.1, -0.05) is 19.3 Å². The van der Waals surface area contributed by atoms with E-state index < -0.39 is 0 Å². The fraction of sp³-hybridized carbons (Fsp3) is 1.00. The molecule has 2 nitrogen and oxygen atoms in total. The van der Waals surface area contributed by atoms with E-state index in [4.69, 9.17) is 4.84 Å². The third-order valence-corrected chi connectivity index (χ3v) is 4.66. The molecule has 0 bridgehead atoms. The van der Waals surface area contributed by atoms with Crippen LogP contribution >= 0.6 is 0 Å². The van der Waals surface area contributed by atoms with E-state index in [1.807, 2.05) is 0 Å². The zero-order valence-corrected chi connectivity index (χ0v) is 8.51. The molecule has 0 aromatic heterocycles. The summed E-state index contributed by atoms with van der Waals surface area (Å²) in [7, 11) is 2.15. The van der Waals surface area contributed by atoms with Crippen molar-refractivity contribution >= 4 is 0 Å². The molecular weight excluding hydrogens is 162 g/mol. The molecule has 1 aliphatic heterocycles. The molecule has 0 amide bonds. The van der Waals surface area contributed by atoms with Gasteiger partial charge in [-0.2, -0.15) is 5.06 Å². The number of hydrogen-bond donors (Lipinski definition) is 0. The largest absolute Gasteiger partial charge is 0.298 e. The van der Waals surface area contributed by atoms with Gasteiger partial charge in [0, 0.05) is 12.5 Å². The van der Waals surface area contributed by atoms with Gasteiger partial charge in [0.25, 0.3) is 0 Å².